The molecule has 1 aromatic heterocycles. The summed E-state index contributed by atoms with van der Waals surface area (Å²) in [5.74, 6) is 0.866. The number of halogens is 3. The standard InChI is InChI=1S/C19H18ClF2N3OS/c1-3-25-18(12(2)26-14-9-7-13(21)8-10-14)23-24-19(25)27-11-15-16(20)5-4-6-17(15)22/h4-10,12H,3,11H2,1-2H3. The molecular weight excluding hydrogens is 392 g/mol. The van der Waals surface area contributed by atoms with Crippen molar-refractivity contribution in [2.45, 2.75) is 37.4 Å². The topological polar surface area (TPSA) is 39.9 Å². The molecule has 4 nitrogen and oxygen atoms in total. The van der Waals surface area contributed by atoms with Crippen LogP contribution in [0.2, 0.25) is 5.02 Å². The number of nitrogens with zero attached hydrogens (tertiary/aromatic N) is 3. The van der Waals surface area contributed by atoms with Gasteiger partial charge in [0, 0.05) is 22.9 Å². The van der Waals surface area contributed by atoms with Crippen molar-refractivity contribution in [2.75, 3.05) is 0 Å². The van der Waals surface area contributed by atoms with Crippen molar-refractivity contribution in [2.24, 2.45) is 0 Å². The van der Waals surface area contributed by atoms with E-state index in [0.717, 1.165) is 0 Å². The highest BCUT2D eigenvalue weighted by Gasteiger charge is 2.19. The van der Waals surface area contributed by atoms with E-state index in [1.54, 1.807) is 24.3 Å². The van der Waals surface area contributed by atoms with Gasteiger partial charge in [-0.1, -0.05) is 29.4 Å². The number of hydrogen-bond donors (Lipinski definition) is 0. The fraction of sp³-hybridized carbons (Fsp3) is 0.263. The van der Waals surface area contributed by atoms with Crippen LogP contribution in [0.4, 0.5) is 8.78 Å². The predicted molar refractivity (Wildman–Crippen MR) is 102 cm³/mol. The molecule has 0 amide bonds. The molecule has 142 valence electrons. The molecule has 3 rings (SSSR count). The van der Waals surface area contributed by atoms with Crippen LogP contribution in [-0.2, 0) is 12.3 Å². The lowest BCUT2D eigenvalue weighted by molar-refractivity contribution is 0.209. The maximum absolute atomic E-state index is 14.0. The van der Waals surface area contributed by atoms with E-state index in [0.29, 0.717) is 39.6 Å². The van der Waals surface area contributed by atoms with Crippen molar-refractivity contribution in [3.8, 4) is 5.75 Å². The summed E-state index contributed by atoms with van der Waals surface area (Å²) in [6.07, 6.45) is -0.380. The summed E-state index contributed by atoms with van der Waals surface area (Å²) in [7, 11) is 0. The average Bonchev–Trinajstić information content (AvgIpc) is 3.06. The average molecular weight is 410 g/mol. The van der Waals surface area contributed by atoms with Crippen molar-refractivity contribution in [3.05, 3.63) is 70.5 Å². The quantitative estimate of drug-likeness (QED) is 0.472. The monoisotopic (exact) mass is 409 g/mol. The van der Waals surface area contributed by atoms with Gasteiger partial charge in [0.1, 0.15) is 17.4 Å². The van der Waals surface area contributed by atoms with Crippen molar-refractivity contribution in [1.82, 2.24) is 14.8 Å². The molecule has 8 heteroatoms. The number of aromatic nitrogens is 3. The van der Waals surface area contributed by atoms with Gasteiger partial charge in [-0.25, -0.2) is 8.78 Å². The normalized spacial score (nSPS) is 12.2. The van der Waals surface area contributed by atoms with Gasteiger partial charge in [-0.2, -0.15) is 0 Å². The zero-order valence-corrected chi connectivity index (χ0v) is 16.4. The molecule has 0 aliphatic carbocycles. The second kappa shape index (κ2) is 8.71. The third-order valence-corrected chi connectivity index (χ3v) is 5.31. The van der Waals surface area contributed by atoms with E-state index in [9.17, 15) is 8.78 Å². The maximum Gasteiger partial charge on any atom is 0.191 e. The van der Waals surface area contributed by atoms with E-state index in [-0.39, 0.29) is 17.7 Å². The highest BCUT2D eigenvalue weighted by Crippen LogP contribution is 2.29. The Morgan fingerprint density at radius 3 is 2.56 bits per heavy atom. The van der Waals surface area contributed by atoms with Crippen LogP contribution in [0, 0.1) is 11.6 Å². The van der Waals surface area contributed by atoms with Gasteiger partial charge in [0.25, 0.3) is 0 Å². The zero-order chi connectivity index (χ0) is 19.4. The first-order valence-electron chi connectivity index (χ1n) is 8.40. The predicted octanol–water partition coefficient (Wildman–Crippen LogP) is 5.66. The first-order chi connectivity index (χ1) is 13.0. The zero-order valence-electron chi connectivity index (χ0n) is 14.8. The van der Waals surface area contributed by atoms with Crippen LogP contribution >= 0.6 is 23.4 Å². The molecule has 0 radical (unpaired) electrons. The Kier molecular flexibility index (Phi) is 6.34. The van der Waals surface area contributed by atoms with Crippen molar-refractivity contribution in [1.29, 1.82) is 0 Å². The van der Waals surface area contributed by atoms with Crippen LogP contribution in [0.25, 0.3) is 0 Å². The molecule has 0 bridgehead atoms. The minimum Gasteiger partial charge on any atom is -0.483 e. The molecule has 1 unspecified atom stereocenters. The van der Waals surface area contributed by atoms with E-state index < -0.39 is 0 Å². The minimum absolute atomic E-state index is 0.322. The lowest BCUT2D eigenvalue weighted by atomic mass is 10.2. The maximum atomic E-state index is 14.0. The Bertz CT molecular complexity index is 898. The van der Waals surface area contributed by atoms with Crippen LogP contribution in [0.5, 0.6) is 5.75 Å². The van der Waals surface area contributed by atoms with E-state index in [2.05, 4.69) is 10.2 Å². The molecule has 1 atom stereocenters. The molecule has 1 heterocycles. The summed E-state index contributed by atoms with van der Waals surface area (Å²) < 4.78 is 34.7. The lowest BCUT2D eigenvalue weighted by Crippen LogP contribution is -2.12. The van der Waals surface area contributed by atoms with Crippen LogP contribution < -0.4 is 4.74 Å². The Balaban J connectivity index is 1.75. The Morgan fingerprint density at radius 2 is 1.89 bits per heavy atom. The highest BCUT2D eigenvalue weighted by molar-refractivity contribution is 7.98. The second-order valence-corrected chi connectivity index (χ2v) is 7.14. The molecular formula is C19H18ClF2N3OS. The van der Waals surface area contributed by atoms with Gasteiger partial charge in [0.15, 0.2) is 17.1 Å². The smallest absolute Gasteiger partial charge is 0.191 e. The Morgan fingerprint density at radius 1 is 1.15 bits per heavy atom. The fourth-order valence-electron chi connectivity index (χ4n) is 2.58. The largest absolute Gasteiger partial charge is 0.483 e. The molecule has 2 aromatic carbocycles. The molecule has 3 aromatic rings. The summed E-state index contributed by atoms with van der Waals surface area (Å²) >= 11 is 7.44. The van der Waals surface area contributed by atoms with Crippen molar-refractivity contribution >= 4 is 23.4 Å². The molecule has 0 fully saturated rings. The molecule has 0 saturated heterocycles. The second-order valence-electron chi connectivity index (χ2n) is 5.79. The van der Waals surface area contributed by atoms with Gasteiger partial charge in [0.05, 0.1) is 0 Å². The van der Waals surface area contributed by atoms with Gasteiger partial charge in [-0.05, 0) is 50.2 Å². The van der Waals surface area contributed by atoms with E-state index in [4.69, 9.17) is 16.3 Å². The Hall–Kier alpha value is -2.12. The Labute approximate surface area is 165 Å². The lowest BCUT2D eigenvalue weighted by Gasteiger charge is -2.15. The van der Waals surface area contributed by atoms with Crippen LogP contribution in [0.3, 0.4) is 0 Å². The number of thioether (sulfide) groups is 1. The summed E-state index contributed by atoms with van der Waals surface area (Å²) in [6.45, 7) is 4.45. The van der Waals surface area contributed by atoms with Gasteiger partial charge >= 0.3 is 0 Å². The minimum atomic E-state index is -0.380. The van der Waals surface area contributed by atoms with Crippen molar-refractivity contribution in [3.63, 3.8) is 0 Å². The van der Waals surface area contributed by atoms with Gasteiger partial charge in [-0.3, -0.25) is 0 Å². The number of rotatable bonds is 7. The number of benzene rings is 2. The number of hydrogen-bond acceptors (Lipinski definition) is 4. The molecule has 0 saturated carbocycles. The van der Waals surface area contributed by atoms with Crippen molar-refractivity contribution < 1.29 is 13.5 Å². The van der Waals surface area contributed by atoms with Crippen LogP contribution in [0.15, 0.2) is 47.6 Å². The summed E-state index contributed by atoms with van der Waals surface area (Å²) in [6, 6.07) is 10.4. The summed E-state index contributed by atoms with van der Waals surface area (Å²) in [4.78, 5) is 0. The molecule has 0 spiro atoms. The number of ether oxygens (including phenoxy) is 1. The molecule has 0 N–H and O–H groups in total. The first kappa shape index (κ1) is 19.6. The van der Waals surface area contributed by atoms with Crippen LogP contribution in [0.1, 0.15) is 31.3 Å². The van der Waals surface area contributed by atoms with Crippen LogP contribution in [-0.4, -0.2) is 14.8 Å². The third kappa shape index (κ3) is 4.59. The van der Waals surface area contributed by atoms with Gasteiger partial charge in [0.2, 0.25) is 0 Å². The molecule has 0 aliphatic rings. The van der Waals surface area contributed by atoms with Gasteiger partial charge < -0.3 is 9.30 Å². The summed E-state index contributed by atoms with van der Waals surface area (Å²) in [5, 5.41) is 9.47. The molecule has 0 aliphatic heterocycles. The third-order valence-electron chi connectivity index (χ3n) is 3.96. The first-order valence-corrected chi connectivity index (χ1v) is 9.77. The molecule has 27 heavy (non-hydrogen) atoms. The highest BCUT2D eigenvalue weighted by atomic mass is 35.5. The SMILES string of the molecule is CCn1c(SCc2c(F)cccc2Cl)nnc1C(C)Oc1ccc(F)cc1. The van der Waals surface area contributed by atoms with Gasteiger partial charge in [-0.15, -0.1) is 10.2 Å². The van der Waals surface area contributed by atoms with E-state index >= 15 is 0 Å². The van der Waals surface area contributed by atoms with E-state index in [1.807, 2.05) is 18.4 Å². The fourth-order valence-corrected chi connectivity index (χ4v) is 3.93. The summed E-state index contributed by atoms with van der Waals surface area (Å²) in [5.41, 5.74) is 0.437. The van der Waals surface area contributed by atoms with E-state index in [1.165, 1.54) is 30.0 Å².